The van der Waals surface area contributed by atoms with Crippen molar-refractivity contribution in [2.24, 2.45) is 0 Å². The van der Waals surface area contributed by atoms with Crippen LogP contribution in [0.1, 0.15) is 28.3 Å². The Morgan fingerprint density at radius 1 is 1.18 bits per heavy atom. The molecule has 1 atom stereocenters. The van der Waals surface area contributed by atoms with Gasteiger partial charge in [-0.15, -0.1) is 11.3 Å². The lowest BCUT2D eigenvalue weighted by Crippen LogP contribution is -2.50. The fourth-order valence-corrected chi connectivity index (χ4v) is 4.98. The van der Waals surface area contributed by atoms with Gasteiger partial charge in [0.25, 0.3) is 0 Å². The predicted molar refractivity (Wildman–Crippen MR) is 113 cm³/mol. The summed E-state index contributed by atoms with van der Waals surface area (Å²) in [5, 5.41) is 1.01. The predicted octanol–water partition coefficient (Wildman–Crippen LogP) is 3.29. The molecule has 2 aliphatic heterocycles. The van der Waals surface area contributed by atoms with Gasteiger partial charge in [-0.25, -0.2) is 4.98 Å². The van der Waals surface area contributed by atoms with Gasteiger partial charge in [0.1, 0.15) is 0 Å². The standard InChI is InChI=1S/C22H29N3O2S/c1-16-5-7-18(8-6-16)22-20(28-17(2)23-22)14-21(26)25-11-9-24(10-12-25)15-19-4-3-13-27-19/h5-8,19H,3-4,9-15H2,1-2H3. The molecule has 2 fully saturated rings. The quantitative estimate of drug-likeness (QED) is 0.774. The first-order valence-electron chi connectivity index (χ1n) is 10.2. The highest BCUT2D eigenvalue weighted by Crippen LogP contribution is 2.29. The molecule has 5 nitrogen and oxygen atoms in total. The third-order valence-corrected chi connectivity index (χ3v) is 6.62. The summed E-state index contributed by atoms with van der Waals surface area (Å²) in [5.74, 6) is 0.216. The summed E-state index contributed by atoms with van der Waals surface area (Å²) in [7, 11) is 0. The summed E-state index contributed by atoms with van der Waals surface area (Å²) >= 11 is 1.64. The van der Waals surface area contributed by atoms with Gasteiger partial charge in [0.05, 0.1) is 23.2 Å². The zero-order valence-corrected chi connectivity index (χ0v) is 17.6. The molecule has 2 aliphatic rings. The number of carbonyl (C=O) groups excluding carboxylic acids is 1. The van der Waals surface area contributed by atoms with Crippen molar-refractivity contribution in [3.05, 3.63) is 39.7 Å². The van der Waals surface area contributed by atoms with Gasteiger partial charge in [-0.3, -0.25) is 9.69 Å². The maximum absolute atomic E-state index is 12.9. The Morgan fingerprint density at radius 3 is 2.61 bits per heavy atom. The second kappa shape index (κ2) is 8.72. The van der Waals surface area contributed by atoms with E-state index >= 15 is 0 Å². The highest BCUT2D eigenvalue weighted by atomic mass is 32.1. The van der Waals surface area contributed by atoms with Gasteiger partial charge in [-0.2, -0.15) is 0 Å². The summed E-state index contributed by atoms with van der Waals surface area (Å²) in [6.07, 6.45) is 3.19. The van der Waals surface area contributed by atoms with Crippen molar-refractivity contribution in [2.45, 2.75) is 39.2 Å². The van der Waals surface area contributed by atoms with Crippen LogP contribution < -0.4 is 0 Å². The Kier molecular flexibility index (Phi) is 6.09. The van der Waals surface area contributed by atoms with E-state index in [0.29, 0.717) is 12.5 Å². The Labute approximate surface area is 171 Å². The van der Waals surface area contributed by atoms with Crippen LogP contribution in [0, 0.1) is 13.8 Å². The van der Waals surface area contributed by atoms with Crippen molar-refractivity contribution >= 4 is 17.2 Å². The molecular formula is C22H29N3O2S. The van der Waals surface area contributed by atoms with E-state index < -0.39 is 0 Å². The Morgan fingerprint density at radius 2 is 1.93 bits per heavy atom. The van der Waals surface area contributed by atoms with E-state index in [2.05, 4.69) is 36.1 Å². The van der Waals surface area contributed by atoms with E-state index in [-0.39, 0.29) is 5.91 Å². The number of amides is 1. The zero-order chi connectivity index (χ0) is 19.5. The van der Waals surface area contributed by atoms with Crippen LogP contribution in [0.2, 0.25) is 0 Å². The average Bonchev–Trinajstić information content (AvgIpc) is 3.32. The molecule has 2 saturated heterocycles. The van der Waals surface area contributed by atoms with Crippen molar-refractivity contribution in [2.75, 3.05) is 39.3 Å². The molecule has 28 heavy (non-hydrogen) atoms. The number of carbonyl (C=O) groups is 1. The number of nitrogens with zero attached hydrogens (tertiary/aromatic N) is 3. The maximum Gasteiger partial charge on any atom is 0.227 e. The average molecular weight is 400 g/mol. The third kappa shape index (κ3) is 4.62. The topological polar surface area (TPSA) is 45.7 Å². The maximum atomic E-state index is 12.9. The fraction of sp³-hybridized carbons (Fsp3) is 0.545. The zero-order valence-electron chi connectivity index (χ0n) is 16.8. The van der Waals surface area contributed by atoms with Crippen molar-refractivity contribution in [1.82, 2.24) is 14.8 Å². The van der Waals surface area contributed by atoms with Crippen LogP contribution in [0.15, 0.2) is 24.3 Å². The first-order valence-corrected chi connectivity index (χ1v) is 11.1. The first kappa shape index (κ1) is 19.6. The van der Waals surface area contributed by atoms with E-state index in [9.17, 15) is 4.79 Å². The van der Waals surface area contributed by atoms with Crippen molar-refractivity contribution < 1.29 is 9.53 Å². The van der Waals surface area contributed by atoms with E-state index in [1.807, 2.05) is 11.8 Å². The van der Waals surface area contributed by atoms with Gasteiger partial charge in [-0.05, 0) is 26.7 Å². The van der Waals surface area contributed by atoms with Gasteiger partial charge in [0.15, 0.2) is 0 Å². The van der Waals surface area contributed by atoms with Gasteiger partial charge in [0.2, 0.25) is 5.91 Å². The van der Waals surface area contributed by atoms with Crippen LogP contribution in [0.5, 0.6) is 0 Å². The molecule has 1 unspecified atom stereocenters. The lowest BCUT2D eigenvalue weighted by molar-refractivity contribution is -0.132. The van der Waals surface area contributed by atoms with Gasteiger partial charge in [0, 0.05) is 49.8 Å². The highest BCUT2D eigenvalue weighted by Gasteiger charge is 2.26. The molecule has 0 N–H and O–H groups in total. The molecule has 1 aromatic heterocycles. The molecule has 3 heterocycles. The summed E-state index contributed by atoms with van der Waals surface area (Å²) in [4.78, 5) is 23.2. The molecule has 2 aromatic rings. The second-order valence-corrected chi connectivity index (χ2v) is 9.15. The highest BCUT2D eigenvalue weighted by molar-refractivity contribution is 7.12. The molecule has 1 amide bonds. The Balaban J connectivity index is 1.36. The molecule has 0 bridgehead atoms. The number of aromatic nitrogens is 1. The number of benzene rings is 1. The molecule has 4 rings (SSSR count). The Hall–Kier alpha value is -1.76. The fourth-order valence-electron chi connectivity index (χ4n) is 4.03. The molecule has 0 spiro atoms. The van der Waals surface area contributed by atoms with Crippen molar-refractivity contribution in [1.29, 1.82) is 0 Å². The summed E-state index contributed by atoms with van der Waals surface area (Å²) in [6.45, 7) is 9.51. The lowest BCUT2D eigenvalue weighted by atomic mass is 10.1. The third-order valence-electron chi connectivity index (χ3n) is 5.65. The van der Waals surface area contributed by atoms with Gasteiger partial charge < -0.3 is 9.64 Å². The van der Waals surface area contributed by atoms with Crippen LogP contribution >= 0.6 is 11.3 Å². The number of hydrogen-bond donors (Lipinski definition) is 0. The van der Waals surface area contributed by atoms with Crippen LogP contribution in [0.4, 0.5) is 0 Å². The van der Waals surface area contributed by atoms with Crippen LogP contribution in [0.25, 0.3) is 11.3 Å². The largest absolute Gasteiger partial charge is 0.377 e. The normalized spacial score (nSPS) is 20.6. The minimum Gasteiger partial charge on any atom is -0.377 e. The summed E-state index contributed by atoms with van der Waals surface area (Å²) in [6, 6.07) is 8.40. The minimum atomic E-state index is 0.216. The van der Waals surface area contributed by atoms with Crippen molar-refractivity contribution in [3.8, 4) is 11.3 Å². The minimum absolute atomic E-state index is 0.216. The van der Waals surface area contributed by atoms with Crippen LogP contribution in [-0.4, -0.2) is 66.1 Å². The number of hydrogen-bond acceptors (Lipinski definition) is 5. The monoisotopic (exact) mass is 399 g/mol. The number of thiazole rings is 1. The SMILES string of the molecule is Cc1ccc(-c2nc(C)sc2CC(=O)N2CCN(CC3CCCO3)CC2)cc1. The van der Waals surface area contributed by atoms with Gasteiger partial charge in [-0.1, -0.05) is 29.8 Å². The van der Waals surface area contributed by atoms with Crippen LogP contribution in [-0.2, 0) is 16.0 Å². The molecule has 6 heteroatoms. The number of rotatable bonds is 5. The lowest BCUT2D eigenvalue weighted by Gasteiger charge is -2.35. The number of piperazine rings is 1. The van der Waals surface area contributed by atoms with E-state index in [1.165, 1.54) is 18.4 Å². The summed E-state index contributed by atoms with van der Waals surface area (Å²) in [5.41, 5.74) is 3.29. The first-order chi connectivity index (χ1) is 13.6. The molecule has 0 radical (unpaired) electrons. The van der Waals surface area contributed by atoms with Crippen molar-refractivity contribution in [3.63, 3.8) is 0 Å². The molecular weight excluding hydrogens is 370 g/mol. The van der Waals surface area contributed by atoms with E-state index in [4.69, 9.17) is 9.72 Å². The van der Waals surface area contributed by atoms with E-state index in [1.54, 1.807) is 11.3 Å². The van der Waals surface area contributed by atoms with Gasteiger partial charge >= 0.3 is 0 Å². The number of ether oxygens (including phenoxy) is 1. The molecule has 1 aromatic carbocycles. The smallest absolute Gasteiger partial charge is 0.227 e. The number of aryl methyl sites for hydroxylation is 2. The molecule has 0 aliphatic carbocycles. The molecule has 0 saturated carbocycles. The summed E-state index contributed by atoms with van der Waals surface area (Å²) < 4.78 is 5.75. The van der Waals surface area contributed by atoms with E-state index in [0.717, 1.165) is 60.5 Å². The van der Waals surface area contributed by atoms with Crippen LogP contribution in [0.3, 0.4) is 0 Å². The second-order valence-electron chi connectivity index (χ2n) is 7.86. The molecule has 150 valence electrons. The Bertz CT molecular complexity index is 804.